The van der Waals surface area contributed by atoms with E-state index in [0.29, 0.717) is 11.3 Å². The molecule has 1 aromatic heterocycles. The quantitative estimate of drug-likeness (QED) is 0.666. The van der Waals surface area contributed by atoms with Crippen LogP contribution in [0.4, 0.5) is 26.0 Å². The van der Waals surface area contributed by atoms with Gasteiger partial charge in [0.25, 0.3) is 5.91 Å². The van der Waals surface area contributed by atoms with Gasteiger partial charge in [0.1, 0.15) is 11.6 Å². The molecule has 0 fully saturated rings. The number of nitrogens with zero attached hydrogens (tertiary/aromatic N) is 2. The Morgan fingerprint density at radius 1 is 0.963 bits per heavy atom. The van der Waals surface area contributed by atoms with E-state index < -0.39 is 17.5 Å². The summed E-state index contributed by atoms with van der Waals surface area (Å²) >= 11 is 0. The predicted octanol–water partition coefficient (Wildman–Crippen LogP) is 3.95. The van der Waals surface area contributed by atoms with Crippen LogP contribution in [0, 0.1) is 11.6 Å². The number of carbonyl (C=O) groups is 2. The third-order valence-electron chi connectivity index (χ3n) is 3.62. The van der Waals surface area contributed by atoms with Gasteiger partial charge in [0.2, 0.25) is 0 Å². The van der Waals surface area contributed by atoms with Gasteiger partial charge in [-0.2, -0.15) is 0 Å². The number of amides is 1. The van der Waals surface area contributed by atoms with Crippen LogP contribution in [0.25, 0.3) is 0 Å². The molecule has 6 nitrogen and oxygen atoms in total. The molecule has 0 spiro atoms. The second-order valence-electron chi connectivity index (χ2n) is 5.64. The lowest BCUT2D eigenvalue weighted by Gasteiger charge is -2.08. The molecule has 0 aliphatic carbocycles. The van der Waals surface area contributed by atoms with Crippen LogP contribution in [-0.2, 0) is 0 Å². The molecule has 0 bridgehead atoms. The molecule has 2 aromatic carbocycles. The molecule has 0 aliphatic heterocycles. The first-order valence-electron chi connectivity index (χ1n) is 7.90. The molecule has 0 atom stereocenters. The molecule has 1 amide bonds. The van der Waals surface area contributed by atoms with E-state index in [-0.39, 0.29) is 23.0 Å². The van der Waals surface area contributed by atoms with Crippen molar-refractivity contribution in [3.8, 4) is 0 Å². The molecule has 27 heavy (non-hydrogen) atoms. The Bertz CT molecular complexity index is 1010. The fraction of sp³-hybridized carbons (Fsp3) is 0.0526. The molecular formula is C19H14F2N4O2. The van der Waals surface area contributed by atoms with Crippen molar-refractivity contribution in [3.63, 3.8) is 0 Å². The predicted molar refractivity (Wildman–Crippen MR) is 96.1 cm³/mol. The van der Waals surface area contributed by atoms with Crippen LogP contribution in [-0.4, -0.2) is 21.9 Å². The highest BCUT2D eigenvalue weighted by atomic mass is 19.1. The van der Waals surface area contributed by atoms with Crippen molar-refractivity contribution in [1.82, 2.24) is 10.2 Å². The van der Waals surface area contributed by atoms with E-state index in [1.54, 1.807) is 24.3 Å². The van der Waals surface area contributed by atoms with Crippen LogP contribution in [0.2, 0.25) is 0 Å². The Labute approximate surface area is 153 Å². The lowest BCUT2D eigenvalue weighted by Crippen LogP contribution is -2.15. The first-order valence-corrected chi connectivity index (χ1v) is 7.90. The van der Waals surface area contributed by atoms with Gasteiger partial charge in [-0.25, -0.2) is 8.78 Å². The molecule has 8 heteroatoms. The average Bonchev–Trinajstić information content (AvgIpc) is 2.65. The number of benzene rings is 2. The van der Waals surface area contributed by atoms with Crippen LogP contribution in [0.5, 0.6) is 0 Å². The van der Waals surface area contributed by atoms with Gasteiger partial charge in [0, 0.05) is 17.3 Å². The summed E-state index contributed by atoms with van der Waals surface area (Å²) in [6, 6.07) is 12.4. The zero-order valence-corrected chi connectivity index (χ0v) is 14.2. The van der Waals surface area contributed by atoms with Crippen molar-refractivity contribution in [2.24, 2.45) is 0 Å². The van der Waals surface area contributed by atoms with Crippen molar-refractivity contribution < 1.29 is 18.4 Å². The average molecular weight is 368 g/mol. The number of nitrogens with one attached hydrogen (secondary N) is 2. The second-order valence-corrected chi connectivity index (χ2v) is 5.64. The number of aromatic nitrogens is 2. The number of hydrogen-bond acceptors (Lipinski definition) is 5. The first kappa shape index (κ1) is 18.1. The summed E-state index contributed by atoms with van der Waals surface area (Å²) in [4.78, 5) is 23.6. The van der Waals surface area contributed by atoms with E-state index in [9.17, 15) is 18.4 Å². The summed E-state index contributed by atoms with van der Waals surface area (Å²) in [7, 11) is 0. The molecule has 0 radical (unpaired) electrons. The summed E-state index contributed by atoms with van der Waals surface area (Å²) in [5.74, 6) is -1.90. The van der Waals surface area contributed by atoms with Gasteiger partial charge in [0.05, 0.1) is 5.69 Å². The minimum Gasteiger partial charge on any atom is -0.336 e. The van der Waals surface area contributed by atoms with Crippen LogP contribution in [0.15, 0.2) is 54.6 Å². The van der Waals surface area contributed by atoms with Crippen molar-refractivity contribution in [1.29, 1.82) is 0 Å². The van der Waals surface area contributed by atoms with Gasteiger partial charge >= 0.3 is 0 Å². The van der Waals surface area contributed by atoms with Crippen LogP contribution >= 0.6 is 0 Å². The van der Waals surface area contributed by atoms with Crippen molar-refractivity contribution in [2.75, 3.05) is 10.6 Å². The minimum atomic E-state index is -0.774. The number of Topliss-reactive ketones (excluding diaryl/α,β-unsaturated/α-hetero) is 1. The fourth-order valence-corrected chi connectivity index (χ4v) is 2.26. The Kier molecular flexibility index (Phi) is 5.16. The topological polar surface area (TPSA) is 84.0 Å². The maximum absolute atomic E-state index is 13.6. The lowest BCUT2D eigenvalue weighted by molar-refractivity contribution is 0.100. The standard InChI is InChI=1S/C19H14F2N4O2/c1-11(26)12-3-2-4-14(9-12)22-19(27)17-7-8-18(25-24-17)23-16-6-5-13(20)10-15(16)21/h2-10H,1H3,(H,22,27)(H,23,25). The number of halogens is 2. The van der Waals surface area contributed by atoms with E-state index in [1.807, 2.05) is 0 Å². The Morgan fingerprint density at radius 3 is 2.44 bits per heavy atom. The van der Waals surface area contributed by atoms with E-state index in [4.69, 9.17) is 0 Å². The van der Waals surface area contributed by atoms with Gasteiger partial charge in [-0.1, -0.05) is 12.1 Å². The zero-order chi connectivity index (χ0) is 19.4. The third kappa shape index (κ3) is 4.49. The Morgan fingerprint density at radius 2 is 1.78 bits per heavy atom. The van der Waals surface area contributed by atoms with E-state index >= 15 is 0 Å². The number of hydrogen-bond donors (Lipinski definition) is 2. The van der Waals surface area contributed by atoms with Gasteiger partial charge in [-0.05, 0) is 43.3 Å². The number of rotatable bonds is 5. The SMILES string of the molecule is CC(=O)c1cccc(NC(=O)c2ccc(Nc3ccc(F)cc3F)nn2)c1. The molecule has 1 heterocycles. The summed E-state index contributed by atoms with van der Waals surface area (Å²) in [5.41, 5.74) is 0.988. The van der Waals surface area contributed by atoms with Crippen molar-refractivity contribution in [2.45, 2.75) is 6.92 Å². The molecule has 3 rings (SSSR count). The zero-order valence-electron chi connectivity index (χ0n) is 14.2. The minimum absolute atomic E-state index is 0.0314. The fourth-order valence-electron chi connectivity index (χ4n) is 2.26. The maximum atomic E-state index is 13.6. The monoisotopic (exact) mass is 368 g/mol. The number of carbonyl (C=O) groups excluding carboxylic acids is 2. The van der Waals surface area contributed by atoms with E-state index in [2.05, 4.69) is 20.8 Å². The molecule has 3 aromatic rings. The highest BCUT2D eigenvalue weighted by molar-refractivity contribution is 6.03. The van der Waals surface area contributed by atoms with Crippen LogP contribution in [0.3, 0.4) is 0 Å². The second kappa shape index (κ2) is 7.69. The first-order chi connectivity index (χ1) is 12.9. The van der Waals surface area contributed by atoms with Gasteiger partial charge < -0.3 is 10.6 Å². The summed E-state index contributed by atoms with van der Waals surface area (Å²) in [5, 5.41) is 12.9. The molecule has 2 N–H and O–H groups in total. The van der Waals surface area contributed by atoms with Crippen LogP contribution < -0.4 is 10.6 Å². The van der Waals surface area contributed by atoms with Gasteiger partial charge in [-0.3, -0.25) is 9.59 Å². The summed E-state index contributed by atoms with van der Waals surface area (Å²) in [6.07, 6.45) is 0. The lowest BCUT2D eigenvalue weighted by atomic mass is 10.1. The third-order valence-corrected chi connectivity index (χ3v) is 3.62. The number of ketones is 1. The van der Waals surface area contributed by atoms with Crippen LogP contribution in [0.1, 0.15) is 27.8 Å². The molecular weight excluding hydrogens is 354 g/mol. The van der Waals surface area contributed by atoms with Gasteiger partial charge in [0.15, 0.2) is 17.3 Å². The van der Waals surface area contributed by atoms with Crippen molar-refractivity contribution >= 4 is 28.9 Å². The molecule has 0 aliphatic rings. The van der Waals surface area contributed by atoms with E-state index in [1.165, 1.54) is 25.1 Å². The molecule has 0 saturated heterocycles. The molecule has 0 unspecified atom stereocenters. The smallest absolute Gasteiger partial charge is 0.276 e. The Hall–Kier alpha value is -3.68. The van der Waals surface area contributed by atoms with Crippen molar-refractivity contribution in [3.05, 3.63) is 77.5 Å². The van der Waals surface area contributed by atoms with Gasteiger partial charge in [-0.15, -0.1) is 10.2 Å². The molecule has 0 saturated carbocycles. The molecule has 136 valence electrons. The Balaban J connectivity index is 1.70. The highest BCUT2D eigenvalue weighted by Gasteiger charge is 2.11. The normalized spacial score (nSPS) is 10.3. The summed E-state index contributed by atoms with van der Waals surface area (Å²) in [6.45, 7) is 1.43. The highest BCUT2D eigenvalue weighted by Crippen LogP contribution is 2.19. The largest absolute Gasteiger partial charge is 0.336 e. The van der Waals surface area contributed by atoms with E-state index in [0.717, 1.165) is 12.1 Å². The summed E-state index contributed by atoms with van der Waals surface area (Å²) < 4.78 is 26.6. The maximum Gasteiger partial charge on any atom is 0.276 e. The number of anilines is 3.